The molecule has 0 bridgehead atoms. The van der Waals surface area contributed by atoms with Crippen LogP contribution in [-0.2, 0) is 16.6 Å². The Balaban J connectivity index is 1.37. The predicted octanol–water partition coefficient (Wildman–Crippen LogP) is 1.60. The van der Waals surface area contributed by atoms with Crippen LogP contribution < -0.4 is 15.5 Å². The fraction of sp³-hybridized carbons (Fsp3) is 0.625. The van der Waals surface area contributed by atoms with Crippen molar-refractivity contribution in [1.29, 1.82) is 0 Å². The number of benzene rings is 1. The summed E-state index contributed by atoms with van der Waals surface area (Å²) in [6.45, 7) is 8.95. The Kier molecular flexibility index (Phi) is 6.09. The molecule has 8 nitrogen and oxygen atoms in total. The van der Waals surface area contributed by atoms with Crippen molar-refractivity contribution in [2.24, 2.45) is 18.9 Å². The van der Waals surface area contributed by atoms with Gasteiger partial charge in [-0.3, -0.25) is 24.5 Å². The van der Waals surface area contributed by atoms with Gasteiger partial charge in [0.1, 0.15) is 5.82 Å². The van der Waals surface area contributed by atoms with Crippen molar-refractivity contribution in [2.45, 2.75) is 32.1 Å². The fourth-order valence-electron chi connectivity index (χ4n) is 5.69. The van der Waals surface area contributed by atoms with Crippen molar-refractivity contribution in [2.75, 3.05) is 50.7 Å². The van der Waals surface area contributed by atoms with E-state index in [1.54, 1.807) is 17.8 Å². The molecule has 3 aliphatic heterocycles. The van der Waals surface area contributed by atoms with Crippen molar-refractivity contribution in [1.82, 2.24) is 25.3 Å². The van der Waals surface area contributed by atoms with Gasteiger partial charge in [0.15, 0.2) is 0 Å². The predicted molar refractivity (Wildman–Crippen MR) is 125 cm³/mol. The lowest BCUT2D eigenvalue weighted by molar-refractivity contribution is -0.134. The highest BCUT2D eigenvalue weighted by atomic mass is 19.1. The summed E-state index contributed by atoms with van der Waals surface area (Å²) in [7, 11) is 1.80. The van der Waals surface area contributed by atoms with E-state index in [4.69, 9.17) is 0 Å². The molecule has 1 aromatic heterocycles. The molecule has 3 fully saturated rings. The summed E-state index contributed by atoms with van der Waals surface area (Å²) in [6.07, 6.45) is 1.94. The molecule has 9 heteroatoms. The quantitative estimate of drug-likeness (QED) is 0.681. The third-order valence-electron chi connectivity index (χ3n) is 7.67. The first-order valence-corrected chi connectivity index (χ1v) is 12.1. The lowest BCUT2D eigenvalue weighted by atomic mass is 9.87. The number of aryl methyl sites for hydroxylation is 1. The smallest absolute Gasteiger partial charge is 0.235 e. The maximum absolute atomic E-state index is 15.2. The van der Waals surface area contributed by atoms with Gasteiger partial charge in [0, 0.05) is 51.6 Å². The highest BCUT2D eigenvalue weighted by Gasteiger charge is 2.33. The van der Waals surface area contributed by atoms with Gasteiger partial charge in [0.2, 0.25) is 11.8 Å². The maximum Gasteiger partial charge on any atom is 0.235 e. The van der Waals surface area contributed by atoms with E-state index >= 15 is 4.39 Å². The Morgan fingerprint density at radius 2 is 1.94 bits per heavy atom. The first-order valence-electron chi connectivity index (χ1n) is 12.1. The zero-order valence-corrected chi connectivity index (χ0v) is 19.4. The second kappa shape index (κ2) is 9.02. The van der Waals surface area contributed by atoms with Crippen molar-refractivity contribution < 1.29 is 14.0 Å². The van der Waals surface area contributed by atoms with Gasteiger partial charge < -0.3 is 10.2 Å². The second-order valence-electron chi connectivity index (χ2n) is 9.82. The van der Waals surface area contributed by atoms with E-state index in [0.717, 1.165) is 56.7 Å². The molecule has 3 saturated heterocycles. The zero-order valence-electron chi connectivity index (χ0n) is 19.4. The second-order valence-corrected chi connectivity index (χ2v) is 9.82. The van der Waals surface area contributed by atoms with Crippen LogP contribution in [0.1, 0.15) is 37.8 Å². The summed E-state index contributed by atoms with van der Waals surface area (Å²) in [4.78, 5) is 28.7. The fourth-order valence-corrected chi connectivity index (χ4v) is 5.69. The SMILES string of the molecule is C[C@H]1CNCC[C@H]1CN1CCN(c2c(F)ccc3c(C4CCC(=O)NC4=O)nn(C)c23)CC1. The summed E-state index contributed by atoms with van der Waals surface area (Å²) in [5.41, 5.74) is 1.91. The number of carbonyl (C=O) groups is 2. The van der Waals surface area contributed by atoms with Gasteiger partial charge in [-0.15, -0.1) is 0 Å². The van der Waals surface area contributed by atoms with E-state index in [1.165, 1.54) is 12.5 Å². The van der Waals surface area contributed by atoms with Crippen LogP contribution in [0.25, 0.3) is 10.9 Å². The van der Waals surface area contributed by atoms with E-state index in [0.29, 0.717) is 36.1 Å². The molecular formula is C24H33FN6O2. The topological polar surface area (TPSA) is 82.5 Å². The average molecular weight is 457 g/mol. The van der Waals surface area contributed by atoms with Crippen LogP contribution in [0.3, 0.4) is 0 Å². The molecule has 3 aliphatic rings. The number of anilines is 1. The molecule has 0 aliphatic carbocycles. The number of piperazine rings is 1. The Morgan fingerprint density at radius 3 is 2.67 bits per heavy atom. The minimum Gasteiger partial charge on any atom is -0.365 e. The summed E-state index contributed by atoms with van der Waals surface area (Å²) < 4.78 is 16.8. The Labute approximate surface area is 193 Å². The van der Waals surface area contributed by atoms with Crippen LogP contribution in [0.2, 0.25) is 0 Å². The lowest BCUT2D eigenvalue weighted by Gasteiger charge is -2.40. The number of aromatic nitrogens is 2. The number of piperidine rings is 2. The lowest BCUT2D eigenvalue weighted by Crippen LogP contribution is -2.50. The van der Waals surface area contributed by atoms with Gasteiger partial charge in [0.25, 0.3) is 0 Å². The molecule has 2 aromatic rings. The highest BCUT2D eigenvalue weighted by Crippen LogP contribution is 2.36. The third kappa shape index (κ3) is 4.24. The number of hydrogen-bond donors (Lipinski definition) is 2. The normalized spacial score (nSPS) is 27.2. The van der Waals surface area contributed by atoms with Crippen molar-refractivity contribution in [3.8, 4) is 0 Å². The number of hydrogen-bond acceptors (Lipinski definition) is 6. The minimum atomic E-state index is -0.492. The number of carbonyl (C=O) groups excluding carboxylic acids is 2. The zero-order chi connectivity index (χ0) is 23.1. The molecule has 178 valence electrons. The van der Waals surface area contributed by atoms with Crippen LogP contribution in [-0.4, -0.2) is 72.3 Å². The Hall–Kier alpha value is -2.52. The molecular weight excluding hydrogens is 423 g/mol. The standard InChI is InChI=1S/C24H33FN6O2/c1-15-13-26-8-7-16(15)14-30-9-11-31(12-10-30)23-19(25)5-3-17-21(28-29(2)22(17)23)18-4-6-20(32)27-24(18)33/h3,5,15-16,18,26H,4,6-14H2,1-2H3,(H,27,32,33)/t15-,16-,18?/m0/s1. The van der Waals surface area contributed by atoms with E-state index in [9.17, 15) is 9.59 Å². The van der Waals surface area contributed by atoms with Crippen molar-refractivity contribution in [3.63, 3.8) is 0 Å². The van der Waals surface area contributed by atoms with Gasteiger partial charge in [-0.25, -0.2) is 4.39 Å². The molecule has 4 heterocycles. The van der Waals surface area contributed by atoms with Crippen LogP contribution >= 0.6 is 0 Å². The highest BCUT2D eigenvalue weighted by molar-refractivity contribution is 6.03. The molecule has 1 unspecified atom stereocenters. The number of imide groups is 1. The number of fused-ring (bicyclic) bond motifs is 1. The maximum atomic E-state index is 15.2. The average Bonchev–Trinajstić information content (AvgIpc) is 3.12. The molecule has 1 aromatic carbocycles. The van der Waals surface area contributed by atoms with Crippen molar-refractivity contribution >= 4 is 28.4 Å². The summed E-state index contributed by atoms with van der Waals surface area (Å²) in [5, 5.41) is 11.3. The number of rotatable bonds is 4. The van der Waals surface area contributed by atoms with Crippen LogP contribution in [0.4, 0.5) is 10.1 Å². The molecule has 5 rings (SSSR count). The van der Waals surface area contributed by atoms with Gasteiger partial charge in [-0.05, 0) is 49.9 Å². The van der Waals surface area contributed by atoms with Crippen LogP contribution in [0.15, 0.2) is 12.1 Å². The first kappa shape index (κ1) is 22.3. The summed E-state index contributed by atoms with van der Waals surface area (Å²) in [5.74, 6) is 0.0707. The minimum absolute atomic E-state index is 0.250. The van der Waals surface area contributed by atoms with E-state index in [1.807, 2.05) is 0 Å². The largest absolute Gasteiger partial charge is 0.365 e. The van der Waals surface area contributed by atoms with Crippen LogP contribution in [0, 0.1) is 17.7 Å². The van der Waals surface area contributed by atoms with E-state index < -0.39 is 5.92 Å². The van der Waals surface area contributed by atoms with Gasteiger partial charge in [-0.2, -0.15) is 5.10 Å². The van der Waals surface area contributed by atoms with Crippen LogP contribution in [0.5, 0.6) is 0 Å². The Bertz CT molecular complexity index is 1060. The molecule has 3 atom stereocenters. The number of nitrogens with zero attached hydrogens (tertiary/aromatic N) is 4. The summed E-state index contributed by atoms with van der Waals surface area (Å²) >= 11 is 0. The third-order valence-corrected chi connectivity index (χ3v) is 7.67. The number of halogens is 1. The first-order chi connectivity index (χ1) is 15.9. The molecule has 2 amide bonds. The molecule has 0 spiro atoms. The van der Waals surface area contributed by atoms with E-state index in [-0.39, 0.29) is 17.6 Å². The van der Waals surface area contributed by atoms with Gasteiger partial charge in [-0.1, -0.05) is 6.92 Å². The molecule has 2 N–H and O–H groups in total. The van der Waals surface area contributed by atoms with Gasteiger partial charge >= 0.3 is 0 Å². The monoisotopic (exact) mass is 456 g/mol. The number of nitrogens with one attached hydrogen (secondary N) is 2. The molecule has 33 heavy (non-hydrogen) atoms. The molecule has 0 saturated carbocycles. The number of amides is 2. The van der Waals surface area contributed by atoms with Crippen molar-refractivity contribution in [3.05, 3.63) is 23.6 Å². The van der Waals surface area contributed by atoms with E-state index in [2.05, 4.69) is 32.5 Å². The summed E-state index contributed by atoms with van der Waals surface area (Å²) in [6, 6.07) is 3.20. The molecule has 0 radical (unpaired) electrons. The van der Waals surface area contributed by atoms with Gasteiger partial charge in [0.05, 0.1) is 22.8 Å². The Morgan fingerprint density at radius 1 is 1.15 bits per heavy atom.